The van der Waals surface area contributed by atoms with E-state index < -0.39 is 0 Å². The lowest BCUT2D eigenvalue weighted by Crippen LogP contribution is -1.95. The molecule has 84 valence electrons. The summed E-state index contributed by atoms with van der Waals surface area (Å²) in [6, 6.07) is 1.94. The van der Waals surface area contributed by atoms with Gasteiger partial charge >= 0.3 is 0 Å². The first-order valence-corrected chi connectivity index (χ1v) is 7.01. The Labute approximate surface area is 116 Å². The van der Waals surface area contributed by atoms with Gasteiger partial charge in [0.2, 0.25) is 0 Å². The number of hydrogen-bond donors (Lipinski definition) is 0. The monoisotopic (exact) mass is 336 g/mol. The van der Waals surface area contributed by atoms with Crippen molar-refractivity contribution >= 4 is 50.5 Å². The first-order chi connectivity index (χ1) is 7.63. The average Bonchev–Trinajstić information content (AvgIpc) is 2.64. The van der Waals surface area contributed by atoms with Crippen molar-refractivity contribution < 1.29 is 0 Å². The molecule has 0 spiro atoms. The number of halogens is 3. The summed E-state index contributed by atoms with van der Waals surface area (Å²) in [5, 5.41) is 2.81. The summed E-state index contributed by atoms with van der Waals surface area (Å²) in [6.07, 6.45) is 0.726. The molecule has 2 rings (SSSR count). The molecule has 2 aromatic rings. The van der Waals surface area contributed by atoms with Crippen LogP contribution in [-0.2, 0) is 6.42 Å². The number of aromatic nitrogens is 2. The predicted molar refractivity (Wildman–Crippen MR) is 72.4 cm³/mol. The largest absolute Gasteiger partial charge is 0.215 e. The number of hydrogen-bond acceptors (Lipinski definition) is 3. The van der Waals surface area contributed by atoms with Crippen LogP contribution < -0.4 is 0 Å². The Morgan fingerprint density at radius 2 is 1.94 bits per heavy atom. The van der Waals surface area contributed by atoms with Gasteiger partial charge in [-0.1, -0.05) is 30.1 Å². The van der Waals surface area contributed by atoms with Crippen LogP contribution in [-0.4, -0.2) is 9.97 Å². The third-order valence-corrected chi connectivity index (χ3v) is 4.54. The van der Waals surface area contributed by atoms with E-state index in [0.717, 1.165) is 21.3 Å². The summed E-state index contributed by atoms with van der Waals surface area (Å²) in [5.41, 5.74) is 0.791. The second-order valence-electron chi connectivity index (χ2n) is 3.06. The summed E-state index contributed by atoms with van der Waals surface area (Å²) in [6.45, 7) is 1.97. The summed E-state index contributed by atoms with van der Waals surface area (Å²) in [5.74, 6) is 0.564. The molecule has 2 nitrogen and oxygen atoms in total. The SMILES string of the molecule is CCc1c(Cl)nc(-c2sccc2Br)nc1Cl. The van der Waals surface area contributed by atoms with Crippen LogP contribution in [0.3, 0.4) is 0 Å². The Balaban J connectivity index is 2.57. The van der Waals surface area contributed by atoms with E-state index in [2.05, 4.69) is 25.9 Å². The molecule has 0 aliphatic carbocycles. The molecule has 0 aromatic carbocycles. The van der Waals surface area contributed by atoms with E-state index in [1.54, 1.807) is 11.3 Å². The third-order valence-electron chi connectivity index (χ3n) is 2.08. The molecular formula is C10H7BrCl2N2S. The molecule has 0 N–H and O–H groups in total. The van der Waals surface area contributed by atoms with Gasteiger partial charge in [0.15, 0.2) is 5.82 Å². The normalized spacial score (nSPS) is 10.8. The second-order valence-corrected chi connectivity index (χ2v) is 5.55. The molecule has 0 saturated heterocycles. The first kappa shape index (κ1) is 12.3. The molecule has 0 amide bonds. The molecular weight excluding hydrogens is 331 g/mol. The molecule has 2 heterocycles. The first-order valence-electron chi connectivity index (χ1n) is 4.58. The Kier molecular flexibility index (Phi) is 3.85. The van der Waals surface area contributed by atoms with Gasteiger partial charge in [0.25, 0.3) is 0 Å². The molecule has 0 bridgehead atoms. The lowest BCUT2D eigenvalue weighted by Gasteiger charge is -2.05. The van der Waals surface area contributed by atoms with E-state index >= 15 is 0 Å². The topological polar surface area (TPSA) is 25.8 Å². The van der Waals surface area contributed by atoms with Crippen LogP contribution >= 0.6 is 50.5 Å². The molecule has 0 saturated carbocycles. The van der Waals surface area contributed by atoms with Gasteiger partial charge in [-0.3, -0.25) is 0 Å². The summed E-state index contributed by atoms with van der Waals surface area (Å²) in [7, 11) is 0. The van der Waals surface area contributed by atoms with Crippen molar-refractivity contribution in [1.82, 2.24) is 9.97 Å². The van der Waals surface area contributed by atoms with Crippen molar-refractivity contribution in [3.8, 4) is 10.7 Å². The highest BCUT2D eigenvalue weighted by molar-refractivity contribution is 9.10. The van der Waals surface area contributed by atoms with Gasteiger partial charge < -0.3 is 0 Å². The predicted octanol–water partition coefficient (Wildman–Crippen LogP) is 4.84. The van der Waals surface area contributed by atoms with Crippen molar-refractivity contribution in [2.45, 2.75) is 13.3 Å². The van der Waals surface area contributed by atoms with E-state index in [1.807, 2.05) is 18.4 Å². The molecule has 2 aromatic heterocycles. The minimum absolute atomic E-state index is 0.429. The van der Waals surface area contributed by atoms with Crippen LogP contribution in [0.15, 0.2) is 15.9 Å². The average molecular weight is 338 g/mol. The van der Waals surface area contributed by atoms with E-state index in [0.29, 0.717) is 16.1 Å². The Morgan fingerprint density at radius 3 is 2.38 bits per heavy atom. The zero-order valence-corrected chi connectivity index (χ0v) is 12.2. The summed E-state index contributed by atoms with van der Waals surface area (Å²) in [4.78, 5) is 9.45. The Morgan fingerprint density at radius 1 is 1.31 bits per heavy atom. The van der Waals surface area contributed by atoms with Crippen molar-refractivity contribution in [2.75, 3.05) is 0 Å². The fraction of sp³-hybridized carbons (Fsp3) is 0.200. The van der Waals surface area contributed by atoms with Gasteiger partial charge in [0.05, 0.1) is 4.88 Å². The quantitative estimate of drug-likeness (QED) is 0.733. The van der Waals surface area contributed by atoms with Crippen LogP contribution in [0, 0.1) is 0 Å². The maximum atomic E-state index is 6.06. The highest BCUT2D eigenvalue weighted by Crippen LogP contribution is 2.33. The van der Waals surface area contributed by atoms with E-state index in [9.17, 15) is 0 Å². The highest BCUT2D eigenvalue weighted by Gasteiger charge is 2.13. The van der Waals surface area contributed by atoms with Crippen molar-refractivity contribution in [3.05, 3.63) is 31.8 Å². The fourth-order valence-electron chi connectivity index (χ4n) is 1.28. The molecule has 16 heavy (non-hydrogen) atoms. The summed E-state index contributed by atoms with van der Waals surface area (Å²) < 4.78 is 0.953. The second kappa shape index (κ2) is 5.00. The Bertz CT molecular complexity index is 504. The maximum absolute atomic E-state index is 6.06. The van der Waals surface area contributed by atoms with Crippen molar-refractivity contribution in [3.63, 3.8) is 0 Å². The van der Waals surface area contributed by atoms with Crippen LogP contribution in [0.5, 0.6) is 0 Å². The minimum atomic E-state index is 0.429. The van der Waals surface area contributed by atoms with Gasteiger partial charge in [-0.05, 0) is 33.8 Å². The molecule has 0 atom stereocenters. The zero-order valence-electron chi connectivity index (χ0n) is 8.30. The molecule has 0 unspecified atom stereocenters. The van der Waals surface area contributed by atoms with E-state index in [-0.39, 0.29) is 0 Å². The van der Waals surface area contributed by atoms with Gasteiger partial charge in [-0.25, -0.2) is 9.97 Å². The van der Waals surface area contributed by atoms with Crippen LogP contribution in [0.1, 0.15) is 12.5 Å². The maximum Gasteiger partial charge on any atom is 0.173 e. The van der Waals surface area contributed by atoms with Crippen LogP contribution in [0.4, 0.5) is 0 Å². The van der Waals surface area contributed by atoms with Crippen LogP contribution in [0.2, 0.25) is 10.3 Å². The summed E-state index contributed by atoms with van der Waals surface area (Å²) >= 11 is 17.1. The van der Waals surface area contributed by atoms with E-state index in [4.69, 9.17) is 23.2 Å². The number of nitrogens with zero attached hydrogens (tertiary/aromatic N) is 2. The Hall–Kier alpha value is -0.160. The lowest BCUT2D eigenvalue weighted by atomic mass is 10.2. The van der Waals surface area contributed by atoms with Crippen molar-refractivity contribution in [1.29, 1.82) is 0 Å². The van der Waals surface area contributed by atoms with Gasteiger partial charge in [-0.15, -0.1) is 11.3 Å². The molecule has 0 radical (unpaired) electrons. The standard InChI is InChI=1S/C10H7BrCl2N2S/c1-2-5-8(12)14-10(15-9(5)13)7-6(11)3-4-16-7/h3-4H,2H2,1H3. The van der Waals surface area contributed by atoms with Gasteiger partial charge in [-0.2, -0.15) is 0 Å². The fourth-order valence-corrected chi connectivity index (χ4v) is 3.41. The van der Waals surface area contributed by atoms with Crippen LogP contribution in [0.25, 0.3) is 10.7 Å². The van der Waals surface area contributed by atoms with E-state index in [1.165, 1.54) is 0 Å². The van der Waals surface area contributed by atoms with Gasteiger partial charge in [0.1, 0.15) is 10.3 Å². The molecule has 0 fully saturated rings. The smallest absolute Gasteiger partial charge is 0.173 e. The third kappa shape index (κ3) is 2.25. The van der Waals surface area contributed by atoms with Crippen molar-refractivity contribution in [2.24, 2.45) is 0 Å². The minimum Gasteiger partial charge on any atom is -0.215 e. The number of rotatable bonds is 2. The molecule has 0 aliphatic rings. The van der Waals surface area contributed by atoms with Gasteiger partial charge in [0, 0.05) is 10.0 Å². The lowest BCUT2D eigenvalue weighted by molar-refractivity contribution is 1.05. The molecule has 6 heteroatoms. The molecule has 0 aliphatic heterocycles. The highest BCUT2D eigenvalue weighted by atomic mass is 79.9. The number of thiophene rings is 1. The zero-order chi connectivity index (χ0) is 11.7.